The number of esters is 1. The maximum atomic E-state index is 13.0. The second kappa shape index (κ2) is 11.8. The van der Waals surface area contributed by atoms with Gasteiger partial charge in [-0.15, -0.1) is 5.10 Å². The Morgan fingerprint density at radius 1 is 1.08 bits per heavy atom. The molecule has 0 spiro atoms. The van der Waals surface area contributed by atoms with Crippen LogP contribution in [0.25, 0.3) is 0 Å². The first-order valence-electron chi connectivity index (χ1n) is 13.6. The van der Waals surface area contributed by atoms with Gasteiger partial charge in [-0.05, 0) is 66.8 Å². The molecule has 2 aromatic carbocycles. The van der Waals surface area contributed by atoms with Gasteiger partial charge in [0.05, 0.1) is 26.0 Å². The van der Waals surface area contributed by atoms with E-state index in [1.165, 1.54) is 30.5 Å². The van der Waals surface area contributed by atoms with Crippen LogP contribution in [0.2, 0.25) is 0 Å². The number of nitrogens with zero attached hydrogens (tertiary/aromatic N) is 2. The summed E-state index contributed by atoms with van der Waals surface area (Å²) in [6.07, 6.45) is 7.05. The lowest BCUT2D eigenvalue weighted by Crippen LogP contribution is -2.36. The molecule has 2 aromatic rings. The van der Waals surface area contributed by atoms with Crippen LogP contribution in [0, 0.1) is 5.92 Å². The number of hydrogen-bond acceptors (Lipinski definition) is 6. The molecule has 2 saturated carbocycles. The van der Waals surface area contributed by atoms with Crippen molar-refractivity contribution >= 4 is 23.7 Å². The van der Waals surface area contributed by atoms with Crippen molar-refractivity contribution in [2.75, 3.05) is 13.7 Å². The van der Waals surface area contributed by atoms with Crippen LogP contribution in [-0.4, -0.2) is 48.4 Å². The molecule has 1 heterocycles. The maximum Gasteiger partial charge on any atom is 0.308 e. The third-order valence-electron chi connectivity index (χ3n) is 7.87. The topological polar surface area (TPSA) is 97.3 Å². The van der Waals surface area contributed by atoms with Crippen LogP contribution in [0.4, 0.5) is 0 Å². The Morgan fingerprint density at radius 3 is 2.63 bits per heavy atom. The third-order valence-corrected chi connectivity index (χ3v) is 7.87. The molecule has 8 heteroatoms. The number of carbonyl (C=O) groups is 3. The number of rotatable bonds is 8. The highest BCUT2D eigenvalue weighted by molar-refractivity contribution is 5.97. The summed E-state index contributed by atoms with van der Waals surface area (Å²) in [6.45, 7) is 0.307. The summed E-state index contributed by atoms with van der Waals surface area (Å²) in [5.74, 6) is 0.323. The number of benzene rings is 2. The Labute approximate surface area is 223 Å². The smallest absolute Gasteiger partial charge is 0.308 e. The molecule has 0 aromatic heterocycles. The molecule has 2 atom stereocenters. The molecule has 8 nitrogen and oxygen atoms in total. The minimum Gasteiger partial charge on any atom is -0.469 e. The van der Waals surface area contributed by atoms with E-state index < -0.39 is 0 Å². The Morgan fingerprint density at radius 2 is 1.87 bits per heavy atom. The molecule has 0 unspecified atom stereocenters. The summed E-state index contributed by atoms with van der Waals surface area (Å²) in [4.78, 5) is 37.4. The first-order valence-corrected chi connectivity index (χ1v) is 13.6. The summed E-state index contributed by atoms with van der Waals surface area (Å²) < 4.78 is 10.4. The van der Waals surface area contributed by atoms with Crippen LogP contribution in [0.5, 0.6) is 0 Å². The normalized spacial score (nSPS) is 21.7. The van der Waals surface area contributed by atoms with E-state index in [9.17, 15) is 14.4 Å². The average molecular weight is 518 g/mol. The van der Waals surface area contributed by atoms with Crippen molar-refractivity contribution in [1.82, 2.24) is 10.3 Å². The zero-order valence-electron chi connectivity index (χ0n) is 21.9. The molecule has 0 saturated heterocycles. The molecule has 5 rings (SSSR count). The molecule has 38 heavy (non-hydrogen) atoms. The van der Waals surface area contributed by atoms with Crippen molar-refractivity contribution in [3.05, 3.63) is 70.8 Å². The van der Waals surface area contributed by atoms with Crippen LogP contribution < -0.4 is 5.32 Å². The molecule has 2 aliphatic carbocycles. The fourth-order valence-electron chi connectivity index (χ4n) is 5.88. The predicted molar refractivity (Wildman–Crippen MR) is 142 cm³/mol. The lowest BCUT2D eigenvalue weighted by Gasteiger charge is -2.25. The zero-order valence-corrected chi connectivity index (χ0v) is 21.9. The number of carbonyl (C=O) groups excluding carboxylic acids is 3. The highest BCUT2D eigenvalue weighted by Gasteiger charge is 2.32. The predicted octanol–water partition coefficient (Wildman–Crippen LogP) is 4.07. The van der Waals surface area contributed by atoms with E-state index in [0.717, 1.165) is 42.4 Å². The van der Waals surface area contributed by atoms with Gasteiger partial charge in [-0.1, -0.05) is 49.2 Å². The summed E-state index contributed by atoms with van der Waals surface area (Å²) >= 11 is 0. The van der Waals surface area contributed by atoms with Gasteiger partial charge >= 0.3 is 5.97 Å². The van der Waals surface area contributed by atoms with E-state index in [2.05, 4.69) is 16.5 Å². The van der Waals surface area contributed by atoms with E-state index in [0.29, 0.717) is 31.2 Å². The number of nitrogens with one attached hydrogen (secondary N) is 1. The van der Waals surface area contributed by atoms with Gasteiger partial charge in [0.2, 0.25) is 11.8 Å². The maximum absolute atomic E-state index is 13.0. The number of methoxy groups -OCH3 is 1. The van der Waals surface area contributed by atoms with Crippen LogP contribution in [0.15, 0.2) is 53.6 Å². The van der Waals surface area contributed by atoms with Gasteiger partial charge < -0.3 is 14.8 Å². The average Bonchev–Trinajstić information content (AvgIpc) is 3.64. The van der Waals surface area contributed by atoms with E-state index in [1.807, 2.05) is 42.5 Å². The Kier molecular flexibility index (Phi) is 8.05. The van der Waals surface area contributed by atoms with Gasteiger partial charge in [0, 0.05) is 11.6 Å². The molecule has 0 bridgehead atoms. The lowest BCUT2D eigenvalue weighted by atomic mass is 9.89. The Hall–Kier alpha value is -3.68. The summed E-state index contributed by atoms with van der Waals surface area (Å²) in [6, 6.07) is 15.7. The second-order valence-electron chi connectivity index (χ2n) is 10.5. The van der Waals surface area contributed by atoms with Crippen LogP contribution in [0.1, 0.15) is 73.1 Å². The van der Waals surface area contributed by atoms with E-state index in [-0.39, 0.29) is 36.4 Å². The highest BCUT2D eigenvalue weighted by atomic mass is 16.5. The number of hydrazone groups is 1. The van der Waals surface area contributed by atoms with Crippen LogP contribution >= 0.6 is 0 Å². The summed E-state index contributed by atoms with van der Waals surface area (Å²) in [5, 5.41) is 9.09. The number of hydrogen-bond donors (Lipinski definition) is 1. The summed E-state index contributed by atoms with van der Waals surface area (Å²) in [7, 11) is 1.41. The SMILES string of the molecule is COC(=O)[C@H]1CC[C@@H](NC(=O)Cc2ccc(CN3N=C(c4ccccc4)OCC3=O)cc2C2CCCC2)C1. The standard InChI is InChI=1S/C30H35N3O5/c1-37-30(36)24-13-14-25(16-24)31-27(34)17-23-12-11-20(15-26(23)21-7-5-6-8-21)18-33-28(35)19-38-29(32-33)22-9-3-2-4-10-22/h2-4,9-12,15,21,24-25H,5-8,13-14,16-19H2,1H3,(H,31,34)/t24-,25+/m0/s1. The molecular formula is C30H35N3O5. The fourth-order valence-corrected chi connectivity index (χ4v) is 5.88. The largest absolute Gasteiger partial charge is 0.469 e. The van der Waals surface area contributed by atoms with Crippen molar-refractivity contribution < 1.29 is 23.9 Å². The molecule has 0 radical (unpaired) electrons. The lowest BCUT2D eigenvalue weighted by molar-refractivity contribution is -0.145. The first kappa shape index (κ1) is 25.9. The first-order chi connectivity index (χ1) is 18.5. The zero-order chi connectivity index (χ0) is 26.5. The Balaban J connectivity index is 1.29. The van der Waals surface area contributed by atoms with Gasteiger partial charge in [0.1, 0.15) is 0 Å². The minimum atomic E-state index is -0.195. The quantitative estimate of drug-likeness (QED) is 0.533. The van der Waals surface area contributed by atoms with Crippen LogP contribution in [0.3, 0.4) is 0 Å². The molecule has 200 valence electrons. The van der Waals surface area contributed by atoms with Crippen molar-refractivity contribution in [1.29, 1.82) is 0 Å². The molecule has 1 aliphatic heterocycles. The molecule has 3 aliphatic rings. The second-order valence-corrected chi connectivity index (χ2v) is 10.5. The van der Waals surface area contributed by atoms with Gasteiger partial charge in [-0.2, -0.15) is 0 Å². The number of ether oxygens (including phenoxy) is 2. The molecular weight excluding hydrogens is 482 g/mol. The minimum absolute atomic E-state index is 0.00445. The third kappa shape index (κ3) is 6.06. The number of amides is 2. The van der Waals surface area contributed by atoms with Gasteiger partial charge in [0.25, 0.3) is 5.91 Å². The van der Waals surface area contributed by atoms with E-state index >= 15 is 0 Å². The molecule has 2 fully saturated rings. The highest BCUT2D eigenvalue weighted by Crippen LogP contribution is 2.37. The van der Waals surface area contributed by atoms with Crippen molar-refractivity contribution in [2.24, 2.45) is 11.0 Å². The van der Waals surface area contributed by atoms with Gasteiger partial charge in [-0.25, -0.2) is 5.01 Å². The van der Waals surface area contributed by atoms with Gasteiger partial charge in [-0.3, -0.25) is 14.4 Å². The fraction of sp³-hybridized carbons (Fsp3) is 0.467. The van der Waals surface area contributed by atoms with Crippen molar-refractivity contribution in [3.8, 4) is 0 Å². The Bertz CT molecular complexity index is 1210. The van der Waals surface area contributed by atoms with E-state index in [1.54, 1.807) is 0 Å². The monoisotopic (exact) mass is 517 g/mol. The van der Waals surface area contributed by atoms with E-state index in [4.69, 9.17) is 9.47 Å². The van der Waals surface area contributed by atoms with Gasteiger partial charge in [0.15, 0.2) is 6.61 Å². The molecule has 2 amide bonds. The molecule has 1 N–H and O–H groups in total. The van der Waals surface area contributed by atoms with Crippen molar-refractivity contribution in [3.63, 3.8) is 0 Å². The van der Waals surface area contributed by atoms with Crippen molar-refractivity contribution in [2.45, 2.75) is 69.9 Å². The van der Waals surface area contributed by atoms with Crippen LogP contribution in [-0.2, 0) is 36.8 Å². The summed E-state index contributed by atoms with van der Waals surface area (Å²) in [5.41, 5.74) is 4.04.